The van der Waals surface area contributed by atoms with Crippen molar-refractivity contribution in [3.8, 4) is 0 Å². The number of aryl methyl sites for hydroxylation is 2. The maximum Gasteiger partial charge on any atom is 0.278 e. The average Bonchev–Trinajstić information content (AvgIpc) is 3.38. The van der Waals surface area contributed by atoms with Crippen molar-refractivity contribution in [2.45, 2.75) is 33.4 Å². The van der Waals surface area contributed by atoms with Crippen molar-refractivity contribution in [2.24, 2.45) is 0 Å². The van der Waals surface area contributed by atoms with Crippen LogP contribution in [0.5, 0.6) is 0 Å². The van der Waals surface area contributed by atoms with E-state index in [0.29, 0.717) is 23.9 Å². The number of anilines is 1. The van der Waals surface area contributed by atoms with Gasteiger partial charge in [-0.25, -0.2) is 4.98 Å². The molecule has 0 fully saturated rings. The van der Waals surface area contributed by atoms with Gasteiger partial charge in [0.2, 0.25) is 0 Å². The molecule has 7 heteroatoms. The number of hydrogen-bond donors (Lipinski definition) is 0. The minimum atomic E-state index is -0.123. The molecule has 0 aliphatic carbocycles. The molecule has 4 aromatic rings. The van der Waals surface area contributed by atoms with Gasteiger partial charge in [-0.15, -0.1) is 0 Å². The van der Waals surface area contributed by atoms with Crippen LogP contribution in [0.1, 0.15) is 35.6 Å². The molecule has 3 aromatic heterocycles. The summed E-state index contributed by atoms with van der Waals surface area (Å²) in [7, 11) is 0. The zero-order valence-corrected chi connectivity index (χ0v) is 16.7. The van der Waals surface area contributed by atoms with Crippen LogP contribution in [0.25, 0.3) is 10.2 Å². The first-order valence-corrected chi connectivity index (χ1v) is 10.1. The lowest BCUT2D eigenvalue weighted by Gasteiger charge is -2.19. The number of thiazole rings is 1. The molecule has 1 amide bonds. The van der Waals surface area contributed by atoms with Crippen molar-refractivity contribution < 1.29 is 4.79 Å². The lowest BCUT2D eigenvalue weighted by atomic mass is 10.1. The Morgan fingerprint density at radius 1 is 1.11 bits per heavy atom. The van der Waals surface area contributed by atoms with Crippen molar-refractivity contribution in [1.29, 1.82) is 0 Å². The Morgan fingerprint density at radius 2 is 2.00 bits per heavy atom. The molecule has 0 unspecified atom stereocenters. The van der Waals surface area contributed by atoms with Crippen molar-refractivity contribution >= 4 is 32.6 Å². The van der Waals surface area contributed by atoms with Crippen LogP contribution < -0.4 is 4.90 Å². The van der Waals surface area contributed by atoms with E-state index in [2.05, 4.69) is 29.1 Å². The highest BCUT2D eigenvalue weighted by Gasteiger charge is 2.25. The predicted molar refractivity (Wildman–Crippen MR) is 112 cm³/mol. The second-order valence-electron chi connectivity index (χ2n) is 6.36. The highest BCUT2D eigenvalue weighted by atomic mass is 32.1. The molecule has 1 aromatic carbocycles. The molecule has 0 aliphatic heterocycles. The number of hydrogen-bond acceptors (Lipinski definition) is 5. The number of pyridine rings is 1. The van der Waals surface area contributed by atoms with E-state index in [4.69, 9.17) is 4.98 Å². The molecule has 28 heavy (non-hydrogen) atoms. The molecule has 6 nitrogen and oxygen atoms in total. The van der Waals surface area contributed by atoms with E-state index in [9.17, 15) is 4.79 Å². The van der Waals surface area contributed by atoms with Crippen LogP contribution in [-0.2, 0) is 19.5 Å². The third-order valence-corrected chi connectivity index (χ3v) is 5.67. The van der Waals surface area contributed by atoms with E-state index in [1.165, 1.54) is 16.9 Å². The quantitative estimate of drug-likeness (QED) is 0.491. The Bertz CT molecular complexity index is 1100. The number of carbonyl (C=O) groups is 1. The summed E-state index contributed by atoms with van der Waals surface area (Å²) in [5.41, 5.74) is 3.51. The van der Waals surface area contributed by atoms with Crippen molar-refractivity contribution in [3.05, 3.63) is 71.8 Å². The molecule has 0 radical (unpaired) electrons. The molecule has 4 rings (SSSR count). The minimum Gasteiger partial charge on any atom is -0.277 e. The summed E-state index contributed by atoms with van der Waals surface area (Å²) in [6.45, 7) is 5.07. The zero-order valence-electron chi connectivity index (χ0n) is 15.9. The smallest absolute Gasteiger partial charge is 0.277 e. The molecule has 0 N–H and O–H groups in total. The highest BCUT2D eigenvalue weighted by molar-refractivity contribution is 7.22. The molecule has 142 valence electrons. The van der Waals surface area contributed by atoms with Crippen LogP contribution in [-0.4, -0.2) is 25.7 Å². The number of amides is 1. The van der Waals surface area contributed by atoms with E-state index in [1.54, 1.807) is 28.0 Å². The van der Waals surface area contributed by atoms with E-state index in [1.807, 2.05) is 31.2 Å². The van der Waals surface area contributed by atoms with E-state index < -0.39 is 0 Å². The van der Waals surface area contributed by atoms with Gasteiger partial charge < -0.3 is 0 Å². The SMILES string of the molecule is CCc1cccc2sc(N(Cc3ccccn3)C(=O)c3ccnn3CC)nc12. The number of carbonyl (C=O) groups excluding carboxylic acids is 1. The summed E-state index contributed by atoms with van der Waals surface area (Å²) in [6, 6.07) is 13.6. The molecule has 0 aliphatic rings. The standard InChI is InChI=1S/C21H21N5OS/c1-3-15-8-7-10-18-19(15)24-21(28-18)25(14-16-9-5-6-12-22-16)20(27)17-11-13-23-26(17)4-2/h5-13H,3-4,14H2,1-2H3. The average molecular weight is 392 g/mol. The lowest BCUT2D eigenvalue weighted by molar-refractivity contribution is 0.0974. The predicted octanol–water partition coefficient (Wildman–Crippen LogP) is 4.32. The molecule has 3 heterocycles. The van der Waals surface area contributed by atoms with Gasteiger partial charge >= 0.3 is 0 Å². The van der Waals surface area contributed by atoms with Gasteiger partial charge in [0, 0.05) is 18.9 Å². The molecular weight excluding hydrogens is 370 g/mol. The van der Waals surface area contributed by atoms with Gasteiger partial charge in [-0.1, -0.05) is 36.5 Å². The Kier molecular flexibility index (Phi) is 5.16. The van der Waals surface area contributed by atoms with Crippen LogP contribution in [0.3, 0.4) is 0 Å². The van der Waals surface area contributed by atoms with Crippen molar-refractivity contribution in [1.82, 2.24) is 19.7 Å². The Balaban J connectivity index is 1.80. The van der Waals surface area contributed by atoms with Crippen molar-refractivity contribution in [3.63, 3.8) is 0 Å². The highest BCUT2D eigenvalue weighted by Crippen LogP contribution is 2.32. The monoisotopic (exact) mass is 391 g/mol. The van der Waals surface area contributed by atoms with Gasteiger partial charge in [-0.3, -0.25) is 19.4 Å². The fraction of sp³-hybridized carbons (Fsp3) is 0.238. The number of rotatable bonds is 6. The van der Waals surface area contributed by atoms with Gasteiger partial charge in [0.15, 0.2) is 5.13 Å². The van der Waals surface area contributed by atoms with E-state index in [-0.39, 0.29) is 5.91 Å². The lowest BCUT2D eigenvalue weighted by Crippen LogP contribution is -2.32. The van der Waals surface area contributed by atoms with E-state index in [0.717, 1.165) is 22.3 Å². The fourth-order valence-electron chi connectivity index (χ4n) is 3.18. The van der Waals surface area contributed by atoms with Gasteiger partial charge in [0.05, 0.1) is 22.5 Å². The molecular formula is C21H21N5OS. The van der Waals surface area contributed by atoms with Gasteiger partial charge in [-0.2, -0.15) is 5.10 Å². The summed E-state index contributed by atoms with van der Waals surface area (Å²) in [5, 5.41) is 4.92. The second-order valence-corrected chi connectivity index (χ2v) is 7.37. The number of nitrogens with zero attached hydrogens (tertiary/aromatic N) is 5. The number of aromatic nitrogens is 4. The maximum atomic E-state index is 13.4. The van der Waals surface area contributed by atoms with Crippen LogP contribution in [0.2, 0.25) is 0 Å². The number of para-hydroxylation sites is 1. The van der Waals surface area contributed by atoms with Crippen LogP contribution in [0.4, 0.5) is 5.13 Å². The summed E-state index contributed by atoms with van der Waals surface area (Å²) >= 11 is 1.53. The molecule has 0 atom stereocenters. The molecule has 0 saturated carbocycles. The first kappa shape index (κ1) is 18.3. The van der Waals surface area contributed by atoms with Crippen LogP contribution in [0.15, 0.2) is 54.9 Å². The van der Waals surface area contributed by atoms with Gasteiger partial charge in [0.1, 0.15) is 5.69 Å². The Labute approximate surface area is 167 Å². The summed E-state index contributed by atoms with van der Waals surface area (Å²) in [4.78, 5) is 24.4. The number of fused-ring (bicyclic) bond motifs is 1. The van der Waals surface area contributed by atoms with Crippen LogP contribution >= 0.6 is 11.3 Å². The van der Waals surface area contributed by atoms with Crippen molar-refractivity contribution in [2.75, 3.05) is 4.90 Å². The Hall–Kier alpha value is -3.06. The molecule has 0 bridgehead atoms. The third kappa shape index (κ3) is 3.41. The van der Waals surface area contributed by atoms with Gasteiger partial charge in [0.25, 0.3) is 5.91 Å². The van der Waals surface area contributed by atoms with Crippen LogP contribution in [0, 0.1) is 0 Å². The molecule has 0 saturated heterocycles. The third-order valence-electron chi connectivity index (χ3n) is 4.63. The molecule has 0 spiro atoms. The maximum absolute atomic E-state index is 13.4. The topological polar surface area (TPSA) is 63.9 Å². The van der Waals surface area contributed by atoms with Gasteiger partial charge in [-0.05, 0) is 43.2 Å². The zero-order chi connectivity index (χ0) is 19.5. The largest absolute Gasteiger partial charge is 0.278 e. The second kappa shape index (κ2) is 7.90. The summed E-state index contributed by atoms with van der Waals surface area (Å²) in [6.07, 6.45) is 4.29. The fourth-order valence-corrected chi connectivity index (χ4v) is 4.19. The first-order valence-electron chi connectivity index (χ1n) is 9.33. The summed E-state index contributed by atoms with van der Waals surface area (Å²) in [5.74, 6) is -0.123. The summed E-state index contributed by atoms with van der Waals surface area (Å²) < 4.78 is 2.79. The minimum absolute atomic E-state index is 0.123. The first-order chi connectivity index (χ1) is 13.7. The normalized spacial score (nSPS) is 11.1. The Morgan fingerprint density at radius 3 is 2.75 bits per heavy atom. The number of benzene rings is 1. The van der Waals surface area contributed by atoms with E-state index >= 15 is 0 Å².